The van der Waals surface area contributed by atoms with Crippen molar-refractivity contribution >= 4 is 15.9 Å². The number of carbonyl (C=O) groups excluding carboxylic acids is 1. The lowest BCUT2D eigenvalue weighted by Gasteiger charge is -2.52. The molecule has 6 nitrogen and oxygen atoms in total. The van der Waals surface area contributed by atoms with Gasteiger partial charge in [0.05, 0.1) is 5.25 Å². The molecule has 0 saturated heterocycles. The second kappa shape index (κ2) is 13.9. The van der Waals surface area contributed by atoms with Crippen molar-refractivity contribution in [2.75, 3.05) is 0 Å². The van der Waals surface area contributed by atoms with Gasteiger partial charge in [-0.3, -0.25) is 9.52 Å². The largest absolute Gasteiger partial charge is 0.490 e. The Balaban J connectivity index is 1.11. The van der Waals surface area contributed by atoms with Crippen molar-refractivity contribution in [1.29, 1.82) is 0 Å². The van der Waals surface area contributed by atoms with Crippen molar-refractivity contribution in [3.8, 4) is 16.9 Å². The zero-order valence-electron chi connectivity index (χ0n) is 30.0. The van der Waals surface area contributed by atoms with Gasteiger partial charge in [0.1, 0.15) is 17.7 Å². The molecule has 5 aliphatic carbocycles. The third-order valence-corrected chi connectivity index (χ3v) is 14.3. The number of benzene rings is 2. The number of halogens is 2. The van der Waals surface area contributed by atoms with Gasteiger partial charge in [-0.05, 0) is 142 Å². The van der Waals surface area contributed by atoms with Crippen LogP contribution in [0, 0.1) is 17.2 Å². The molecule has 5 saturated carbocycles. The molecule has 5 aliphatic rings. The first-order chi connectivity index (χ1) is 23.9. The number of rotatable bonds is 12. The third-order valence-electron chi connectivity index (χ3n) is 12.5. The van der Waals surface area contributed by atoms with Crippen molar-refractivity contribution in [2.24, 2.45) is 11.3 Å². The average Bonchev–Trinajstić information content (AvgIpc) is 3.80. The summed E-state index contributed by atoms with van der Waals surface area (Å²) in [6.45, 7) is 5.45. The lowest BCUT2D eigenvalue weighted by Crippen LogP contribution is -2.55. The van der Waals surface area contributed by atoms with E-state index >= 15 is 8.78 Å². The fourth-order valence-corrected chi connectivity index (χ4v) is 9.84. The zero-order chi connectivity index (χ0) is 35.3. The lowest BCUT2D eigenvalue weighted by molar-refractivity contribution is -0.145. The number of carbonyl (C=O) groups is 1. The van der Waals surface area contributed by atoms with Crippen molar-refractivity contribution in [1.82, 2.24) is 10.0 Å². The van der Waals surface area contributed by atoms with Crippen LogP contribution in [0.4, 0.5) is 8.78 Å². The highest BCUT2D eigenvalue weighted by molar-refractivity contribution is 7.90. The standard InChI is InChI=1S/C41H54F2N2O4S/c1-4-27-23-40(18-7-19-40)25-41(43,24-27)39(46)44-31-15-16-32(22-31)49-37-17-12-28(21-36(29-13-14-29)45-50(47,48)26(2)3)20-34(37)33-10-6-11-35(42)38(33)30-8-5-9-30/h6,10-12,17,20,26-27,30-32,45H,4-5,7-9,13-16,18-19,21-25H2,1-3H3,(H,44,46)/t27?,31?,32-,41+/m1/s1. The van der Waals surface area contributed by atoms with Crippen LogP contribution < -0.4 is 14.8 Å². The normalized spacial score (nSPS) is 27.5. The van der Waals surface area contributed by atoms with E-state index in [1.807, 2.05) is 24.3 Å². The van der Waals surface area contributed by atoms with Crippen molar-refractivity contribution in [2.45, 2.75) is 152 Å². The molecule has 5 fully saturated rings. The molecule has 2 aromatic carbocycles. The first kappa shape index (κ1) is 35.5. The summed E-state index contributed by atoms with van der Waals surface area (Å²) in [5.41, 5.74) is 3.27. The van der Waals surface area contributed by atoms with Gasteiger partial charge in [0.15, 0.2) is 5.67 Å². The molecule has 0 aliphatic heterocycles. The molecule has 7 rings (SSSR count). The van der Waals surface area contributed by atoms with Crippen LogP contribution in [0.2, 0.25) is 0 Å². The van der Waals surface area contributed by atoms with E-state index in [0.717, 1.165) is 98.6 Å². The summed E-state index contributed by atoms with van der Waals surface area (Å²) in [7, 11) is -3.50. The van der Waals surface area contributed by atoms with Crippen molar-refractivity contribution < 1.29 is 26.7 Å². The van der Waals surface area contributed by atoms with Crippen LogP contribution in [-0.2, 0) is 21.2 Å². The summed E-state index contributed by atoms with van der Waals surface area (Å²) in [5, 5.41) is 2.55. The molecule has 272 valence electrons. The number of ether oxygens (including phenoxy) is 1. The second-order valence-electron chi connectivity index (χ2n) is 16.5. The summed E-state index contributed by atoms with van der Waals surface area (Å²) in [6, 6.07) is 11.0. The Hall–Kier alpha value is -2.94. The molecule has 9 heteroatoms. The number of alkyl halides is 1. The lowest BCUT2D eigenvalue weighted by atomic mass is 9.54. The summed E-state index contributed by atoms with van der Waals surface area (Å²) in [4.78, 5) is 13.5. The highest BCUT2D eigenvalue weighted by Gasteiger charge is 2.55. The van der Waals surface area contributed by atoms with Crippen LogP contribution >= 0.6 is 0 Å². The molecule has 2 aromatic rings. The third kappa shape index (κ3) is 7.35. The van der Waals surface area contributed by atoms with Crippen molar-refractivity contribution in [3.05, 3.63) is 64.6 Å². The topological polar surface area (TPSA) is 84.5 Å². The summed E-state index contributed by atoms with van der Waals surface area (Å²) in [6.07, 6.45) is 12.8. The van der Waals surface area contributed by atoms with Crippen LogP contribution in [0.15, 0.2) is 47.7 Å². The molecule has 2 unspecified atom stereocenters. The minimum Gasteiger partial charge on any atom is -0.490 e. The van der Waals surface area contributed by atoms with Gasteiger partial charge in [-0.1, -0.05) is 44.4 Å². The predicted octanol–water partition coefficient (Wildman–Crippen LogP) is 9.18. The number of hydrogen-bond donors (Lipinski definition) is 2. The quantitative estimate of drug-likeness (QED) is 0.230. The Labute approximate surface area is 297 Å². The van der Waals surface area contributed by atoms with E-state index in [9.17, 15) is 13.2 Å². The van der Waals surface area contributed by atoms with Gasteiger partial charge in [-0.25, -0.2) is 17.2 Å². The van der Waals surface area contributed by atoms with Gasteiger partial charge >= 0.3 is 0 Å². The van der Waals surface area contributed by atoms with E-state index < -0.39 is 26.8 Å². The molecule has 1 amide bonds. The van der Waals surface area contributed by atoms with Gasteiger partial charge in [0.25, 0.3) is 5.91 Å². The van der Waals surface area contributed by atoms with Gasteiger partial charge in [0.2, 0.25) is 10.0 Å². The second-order valence-corrected chi connectivity index (χ2v) is 18.8. The summed E-state index contributed by atoms with van der Waals surface area (Å²) < 4.78 is 67.1. The van der Waals surface area contributed by atoms with Gasteiger partial charge in [0, 0.05) is 30.1 Å². The van der Waals surface area contributed by atoms with E-state index in [1.54, 1.807) is 19.9 Å². The van der Waals surface area contributed by atoms with Gasteiger partial charge in [-0.15, -0.1) is 0 Å². The molecular weight excluding hydrogens is 655 g/mol. The first-order valence-electron chi connectivity index (χ1n) is 19.2. The highest BCUT2D eigenvalue weighted by Crippen LogP contribution is 2.57. The molecule has 4 atom stereocenters. The van der Waals surface area contributed by atoms with Crippen LogP contribution in [0.1, 0.15) is 134 Å². The van der Waals surface area contributed by atoms with E-state index in [0.29, 0.717) is 43.4 Å². The number of amides is 1. The monoisotopic (exact) mass is 708 g/mol. The highest BCUT2D eigenvalue weighted by atomic mass is 32.2. The molecule has 2 N–H and O–H groups in total. The minimum absolute atomic E-state index is 0.00123. The van der Waals surface area contributed by atoms with E-state index in [1.165, 1.54) is 6.07 Å². The Morgan fingerprint density at radius 3 is 2.44 bits per heavy atom. The maximum Gasteiger partial charge on any atom is 0.257 e. The minimum atomic E-state index is -3.50. The smallest absolute Gasteiger partial charge is 0.257 e. The molecule has 0 heterocycles. The summed E-state index contributed by atoms with van der Waals surface area (Å²) >= 11 is 0. The first-order valence-corrected chi connectivity index (χ1v) is 20.7. The molecule has 50 heavy (non-hydrogen) atoms. The maximum atomic E-state index is 16.4. The predicted molar refractivity (Wildman–Crippen MR) is 194 cm³/mol. The Morgan fingerprint density at radius 2 is 1.80 bits per heavy atom. The van der Waals surface area contributed by atoms with Gasteiger partial charge in [-0.2, -0.15) is 0 Å². The number of hydrogen-bond acceptors (Lipinski definition) is 4. The molecular formula is C41H54F2N2O4S. The number of sulfonamides is 1. The Bertz CT molecular complexity index is 1740. The molecule has 0 aromatic heterocycles. The number of nitrogens with one attached hydrogen (secondary N) is 2. The van der Waals surface area contributed by atoms with Crippen LogP contribution in [0.25, 0.3) is 11.1 Å². The van der Waals surface area contributed by atoms with E-state index in [-0.39, 0.29) is 35.2 Å². The SMILES string of the molecule is CCC1CC2(CCC2)C[C@](F)(C(=O)NC2CC[C@@H](Oc3ccc(CC(NS(=O)(=O)C(C)C)=C4CC4)cc3-c3cccc(F)c3C3CCC3)C2)C1. The van der Waals surface area contributed by atoms with E-state index in [4.69, 9.17) is 4.74 Å². The molecule has 0 bridgehead atoms. The fourth-order valence-electron chi connectivity index (χ4n) is 9.05. The Kier molecular flexibility index (Phi) is 9.85. The summed E-state index contributed by atoms with van der Waals surface area (Å²) in [5.74, 6) is 0.383. The molecule has 1 spiro atoms. The fraction of sp³-hybridized carbons (Fsp3) is 0.634. The van der Waals surface area contributed by atoms with E-state index in [2.05, 4.69) is 17.0 Å². The van der Waals surface area contributed by atoms with Gasteiger partial charge < -0.3 is 10.1 Å². The Morgan fingerprint density at radius 1 is 1.02 bits per heavy atom. The number of allylic oxidation sites excluding steroid dienone is 2. The zero-order valence-corrected chi connectivity index (χ0v) is 30.8. The van der Waals surface area contributed by atoms with Crippen LogP contribution in [0.3, 0.4) is 0 Å². The van der Waals surface area contributed by atoms with Crippen LogP contribution in [0.5, 0.6) is 5.75 Å². The van der Waals surface area contributed by atoms with Crippen molar-refractivity contribution in [3.63, 3.8) is 0 Å². The molecule has 0 radical (unpaired) electrons. The van der Waals surface area contributed by atoms with Crippen LogP contribution in [-0.4, -0.2) is 37.4 Å². The average molecular weight is 709 g/mol. The maximum absolute atomic E-state index is 16.4.